The molecule has 1 saturated heterocycles. The van der Waals surface area contributed by atoms with Gasteiger partial charge in [0.2, 0.25) is 5.91 Å². The van der Waals surface area contributed by atoms with Crippen LogP contribution in [0.5, 0.6) is 0 Å². The monoisotopic (exact) mass is 283 g/mol. The molecule has 1 heterocycles. The lowest BCUT2D eigenvalue weighted by atomic mass is 10.1. The van der Waals surface area contributed by atoms with Gasteiger partial charge in [-0.05, 0) is 12.8 Å². The Balaban J connectivity index is 2.25. The van der Waals surface area contributed by atoms with E-state index in [9.17, 15) is 9.59 Å². The molecule has 1 fully saturated rings. The summed E-state index contributed by atoms with van der Waals surface area (Å²) in [5, 5.41) is 0. The van der Waals surface area contributed by atoms with E-state index in [2.05, 4.69) is 6.92 Å². The second-order valence-corrected chi connectivity index (χ2v) is 5.59. The lowest BCUT2D eigenvalue weighted by molar-refractivity contribution is -0.159. The van der Waals surface area contributed by atoms with Crippen LogP contribution in [0.25, 0.3) is 0 Å². The number of unbranched alkanes of at least 4 members (excludes halogenated alkanes) is 5. The van der Waals surface area contributed by atoms with Gasteiger partial charge in [0.1, 0.15) is 0 Å². The van der Waals surface area contributed by atoms with Gasteiger partial charge in [-0.1, -0.05) is 46.0 Å². The van der Waals surface area contributed by atoms with Crippen molar-refractivity contribution in [1.82, 2.24) is 4.90 Å². The molecule has 1 aliphatic heterocycles. The lowest BCUT2D eigenvalue weighted by Gasteiger charge is -2.24. The Morgan fingerprint density at radius 3 is 2.55 bits per heavy atom. The number of carbonyl (C=O) groups is 2. The van der Waals surface area contributed by atoms with Crippen molar-refractivity contribution < 1.29 is 14.3 Å². The zero-order chi connectivity index (χ0) is 14.8. The molecule has 0 radical (unpaired) electrons. The first-order valence-electron chi connectivity index (χ1n) is 8.18. The Morgan fingerprint density at radius 2 is 1.85 bits per heavy atom. The van der Waals surface area contributed by atoms with Gasteiger partial charge in [0.15, 0.2) is 6.23 Å². The first-order chi connectivity index (χ1) is 9.69. The van der Waals surface area contributed by atoms with Crippen molar-refractivity contribution in [1.29, 1.82) is 0 Å². The van der Waals surface area contributed by atoms with Gasteiger partial charge in [-0.3, -0.25) is 9.59 Å². The smallest absolute Gasteiger partial charge is 0.307 e. The predicted octanol–water partition coefficient (Wildman–Crippen LogP) is 3.64. The van der Waals surface area contributed by atoms with Gasteiger partial charge in [0.05, 0.1) is 0 Å². The Labute approximate surface area is 122 Å². The van der Waals surface area contributed by atoms with Crippen LogP contribution in [0.15, 0.2) is 0 Å². The number of esters is 1. The van der Waals surface area contributed by atoms with Crippen LogP contribution in [0.3, 0.4) is 0 Å². The maximum Gasteiger partial charge on any atom is 0.307 e. The molecule has 20 heavy (non-hydrogen) atoms. The Hall–Kier alpha value is -1.06. The van der Waals surface area contributed by atoms with Gasteiger partial charge < -0.3 is 9.64 Å². The van der Waals surface area contributed by atoms with Crippen LogP contribution >= 0.6 is 0 Å². The van der Waals surface area contributed by atoms with Crippen molar-refractivity contribution >= 4 is 11.9 Å². The van der Waals surface area contributed by atoms with Crippen LogP contribution in [0.1, 0.15) is 78.1 Å². The second-order valence-electron chi connectivity index (χ2n) is 5.59. The topological polar surface area (TPSA) is 46.6 Å². The highest BCUT2D eigenvalue weighted by atomic mass is 16.6. The summed E-state index contributed by atoms with van der Waals surface area (Å²) in [7, 11) is 0. The zero-order valence-corrected chi connectivity index (χ0v) is 13.0. The Kier molecular flexibility index (Phi) is 8.31. The largest absolute Gasteiger partial charge is 0.441 e. The fourth-order valence-corrected chi connectivity index (χ4v) is 2.58. The van der Waals surface area contributed by atoms with E-state index in [-0.39, 0.29) is 18.1 Å². The molecule has 1 aliphatic rings. The summed E-state index contributed by atoms with van der Waals surface area (Å²) in [6.45, 7) is 4.89. The molecule has 4 heteroatoms. The van der Waals surface area contributed by atoms with Crippen LogP contribution in [-0.4, -0.2) is 29.5 Å². The van der Waals surface area contributed by atoms with Gasteiger partial charge in [0, 0.05) is 25.8 Å². The number of ether oxygens (including phenoxy) is 1. The fourth-order valence-electron chi connectivity index (χ4n) is 2.58. The average molecular weight is 283 g/mol. The summed E-state index contributed by atoms with van der Waals surface area (Å²) in [6.07, 6.45) is 9.31. The van der Waals surface area contributed by atoms with E-state index < -0.39 is 0 Å². The standard InChI is InChI=1S/C16H29NO3/c1-3-5-6-7-8-9-13-17-14(18)11-12-15(17)20-16(19)10-4-2/h15H,3-13H2,1-2H3. The molecule has 0 aromatic rings. The van der Waals surface area contributed by atoms with Crippen molar-refractivity contribution in [2.24, 2.45) is 0 Å². The van der Waals surface area contributed by atoms with Gasteiger partial charge in [0.25, 0.3) is 0 Å². The molecule has 1 unspecified atom stereocenters. The minimum Gasteiger partial charge on any atom is -0.441 e. The molecule has 0 aromatic carbocycles. The zero-order valence-electron chi connectivity index (χ0n) is 13.0. The predicted molar refractivity (Wildman–Crippen MR) is 79.1 cm³/mol. The van der Waals surface area contributed by atoms with Crippen molar-refractivity contribution in [2.75, 3.05) is 6.54 Å². The van der Waals surface area contributed by atoms with Crippen molar-refractivity contribution in [3.63, 3.8) is 0 Å². The molecular weight excluding hydrogens is 254 g/mol. The van der Waals surface area contributed by atoms with Crippen LogP contribution < -0.4 is 0 Å². The maximum absolute atomic E-state index is 11.8. The third-order valence-corrected chi connectivity index (χ3v) is 3.75. The number of hydrogen-bond donors (Lipinski definition) is 0. The number of rotatable bonds is 10. The lowest BCUT2D eigenvalue weighted by Crippen LogP contribution is -2.37. The van der Waals surface area contributed by atoms with E-state index in [1.807, 2.05) is 6.92 Å². The van der Waals surface area contributed by atoms with Gasteiger partial charge >= 0.3 is 5.97 Å². The highest BCUT2D eigenvalue weighted by Crippen LogP contribution is 2.21. The summed E-state index contributed by atoms with van der Waals surface area (Å²) in [5.41, 5.74) is 0. The second kappa shape index (κ2) is 9.78. The molecule has 4 nitrogen and oxygen atoms in total. The molecule has 0 aromatic heterocycles. The maximum atomic E-state index is 11.8. The van der Waals surface area contributed by atoms with E-state index in [1.54, 1.807) is 4.90 Å². The minimum atomic E-state index is -0.308. The Morgan fingerprint density at radius 1 is 1.15 bits per heavy atom. The summed E-state index contributed by atoms with van der Waals surface area (Å²) >= 11 is 0. The van der Waals surface area contributed by atoms with Crippen molar-refractivity contribution in [3.05, 3.63) is 0 Å². The molecule has 0 bridgehead atoms. The van der Waals surface area contributed by atoms with Crippen molar-refractivity contribution in [2.45, 2.75) is 84.3 Å². The molecule has 116 valence electrons. The van der Waals surface area contributed by atoms with Crippen LogP contribution in [0, 0.1) is 0 Å². The van der Waals surface area contributed by atoms with E-state index in [4.69, 9.17) is 4.74 Å². The molecule has 0 saturated carbocycles. The SMILES string of the molecule is CCCCCCCCN1C(=O)CCC1OC(=O)CCC. The van der Waals surface area contributed by atoms with Crippen molar-refractivity contribution in [3.8, 4) is 0 Å². The number of amides is 1. The summed E-state index contributed by atoms with van der Waals surface area (Å²) in [5.74, 6) is -0.0481. The molecule has 1 rings (SSSR count). The number of nitrogens with zero attached hydrogens (tertiary/aromatic N) is 1. The fraction of sp³-hybridized carbons (Fsp3) is 0.875. The van der Waals surface area contributed by atoms with Crippen LogP contribution in [-0.2, 0) is 14.3 Å². The minimum absolute atomic E-state index is 0.132. The van der Waals surface area contributed by atoms with E-state index in [0.29, 0.717) is 19.3 Å². The number of likely N-dealkylation sites (tertiary alicyclic amines) is 1. The molecule has 0 N–H and O–H groups in total. The summed E-state index contributed by atoms with van der Waals surface area (Å²) < 4.78 is 5.40. The van der Waals surface area contributed by atoms with E-state index in [1.165, 1.54) is 25.7 Å². The molecule has 0 aliphatic carbocycles. The highest BCUT2D eigenvalue weighted by Gasteiger charge is 2.32. The molecule has 0 spiro atoms. The van der Waals surface area contributed by atoms with Crippen LogP contribution in [0.2, 0.25) is 0 Å². The summed E-state index contributed by atoms with van der Waals surface area (Å²) in [6, 6.07) is 0. The van der Waals surface area contributed by atoms with Gasteiger partial charge in [-0.2, -0.15) is 0 Å². The molecule has 1 atom stereocenters. The third-order valence-electron chi connectivity index (χ3n) is 3.75. The Bertz CT molecular complexity index is 304. The van der Waals surface area contributed by atoms with Crippen LogP contribution in [0.4, 0.5) is 0 Å². The molecular formula is C16H29NO3. The third kappa shape index (κ3) is 5.93. The number of carbonyl (C=O) groups excluding carboxylic acids is 2. The van der Waals surface area contributed by atoms with Gasteiger partial charge in [-0.15, -0.1) is 0 Å². The average Bonchev–Trinajstić information content (AvgIpc) is 2.75. The number of hydrogen-bond acceptors (Lipinski definition) is 3. The first-order valence-corrected chi connectivity index (χ1v) is 8.18. The van der Waals surface area contributed by atoms with E-state index in [0.717, 1.165) is 25.8 Å². The first kappa shape index (κ1) is 17.0. The van der Waals surface area contributed by atoms with E-state index >= 15 is 0 Å². The van der Waals surface area contributed by atoms with Gasteiger partial charge in [-0.25, -0.2) is 0 Å². The molecule has 1 amide bonds. The highest BCUT2D eigenvalue weighted by molar-refractivity contribution is 5.79. The quantitative estimate of drug-likeness (QED) is 0.454. The normalized spacial score (nSPS) is 18.6. The summed E-state index contributed by atoms with van der Waals surface area (Å²) in [4.78, 5) is 25.1.